The first-order valence-electron chi connectivity index (χ1n) is 12.4. The Kier molecular flexibility index (Phi) is 10.2. The molecule has 1 atom stereocenters. The fraction of sp³-hybridized carbons (Fsp3) is 0.481. The van der Waals surface area contributed by atoms with Crippen LogP contribution >= 0.6 is 0 Å². The van der Waals surface area contributed by atoms with Crippen LogP contribution in [0.3, 0.4) is 0 Å². The molecule has 1 unspecified atom stereocenters. The smallest absolute Gasteiger partial charge is 0.251 e. The van der Waals surface area contributed by atoms with E-state index in [-0.39, 0.29) is 24.4 Å². The van der Waals surface area contributed by atoms with Crippen LogP contribution in [0.15, 0.2) is 42.5 Å². The maximum absolute atomic E-state index is 12.6. The summed E-state index contributed by atoms with van der Waals surface area (Å²) in [4.78, 5) is 27.6. The molecular formula is C27H37N3O5. The van der Waals surface area contributed by atoms with Crippen LogP contribution in [0.5, 0.6) is 17.2 Å². The maximum atomic E-state index is 12.6. The van der Waals surface area contributed by atoms with Gasteiger partial charge in [0.15, 0.2) is 11.5 Å². The number of nitrogens with zero attached hydrogens (tertiary/aromatic N) is 1. The predicted molar refractivity (Wildman–Crippen MR) is 135 cm³/mol. The van der Waals surface area contributed by atoms with E-state index in [0.717, 1.165) is 37.2 Å². The van der Waals surface area contributed by atoms with Crippen LogP contribution in [0.1, 0.15) is 55.1 Å². The molecule has 190 valence electrons. The lowest BCUT2D eigenvalue weighted by atomic mass is 10.0. The van der Waals surface area contributed by atoms with Crippen LogP contribution in [0.4, 0.5) is 0 Å². The number of hydrogen-bond acceptors (Lipinski definition) is 6. The largest absolute Gasteiger partial charge is 0.497 e. The minimum Gasteiger partial charge on any atom is -0.497 e. The van der Waals surface area contributed by atoms with E-state index in [4.69, 9.17) is 14.2 Å². The minimum atomic E-state index is -0.341. The molecular weight excluding hydrogens is 446 g/mol. The Morgan fingerprint density at radius 2 is 1.60 bits per heavy atom. The molecule has 2 aromatic carbocycles. The molecule has 1 heterocycles. The molecule has 35 heavy (non-hydrogen) atoms. The second-order valence-corrected chi connectivity index (χ2v) is 8.40. The molecule has 1 aliphatic heterocycles. The summed E-state index contributed by atoms with van der Waals surface area (Å²) in [7, 11) is 1.65. The molecule has 8 heteroatoms. The molecule has 8 nitrogen and oxygen atoms in total. The van der Waals surface area contributed by atoms with Crippen LogP contribution in [0.25, 0.3) is 0 Å². The summed E-state index contributed by atoms with van der Waals surface area (Å²) >= 11 is 0. The number of ether oxygens (including phenoxy) is 3. The standard InChI is InChI=1S/C27H37N3O5/c1-4-34-24-14-11-21(17-25(24)35-5-2)27(32)29-19-26(31)28-18-23(30-15-7-6-8-16-30)20-9-12-22(33-3)13-10-20/h9-14,17,23H,4-8,15-16,18-19H2,1-3H3,(H,28,31)(H,29,32). The van der Waals surface area contributed by atoms with Crippen molar-refractivity contribution < 1.29 is 23.8 Å². The summed E-state index contributed by atoms with van der Waals surface area (Å²) in [6.45, 7) is 7.09. The summed E-state index contributed by atoms with van der Waals surface area (Å²) in [5.74, 6) is 1.33. The minimum absolute atomic E-state index is 0.0701. The first-order valence-corrected chi connectivity index (χ1v) is 12.4. The van der Waals surface area contributed by atoms with Gasteiger partial charge in [-0.25, -0.2) is 0 Å². The average Bonchev–Trinajstić information content (AvgIpc) is 2.89. The number of rotatable bonds is 12. The van der Waals surface area contributed by atoms with Gasteiger partial charge in [0.05, 0.1) is 32.9 Å². The summed E-state index contributed by atoms with van der Waals surface area (Å²) in [6.07, 6.45) is 3.55. The topological polar surface area (TPSA) is 89.1 Å². The van der Waals surface area contributed by atoms with E-state index in [1.165, 1.54) is 6.42 Å². The Hall–Kier alpha value is -3.26. The number of nitrogens with one attached hydrogen (secondary N) is 2. The Morgan fingerprint density at radius 3 is 2.26 bits per heavy atom. The molecule has 0 bridgehead atoms. The van der Waals surface area contributed by atoms with Gasteiger partial charge in [0.25, 0.3) is 5.91 Å². The Labute approximate surface area is 207 Å². The van der Waals surface area contributed by atoms with Gasteiger partial charge >= 0.3 is 0 Å². The van der Waals surface area contributed by atoms with E-state index in [0.29, 0.717) is 36.8 Å². The van der Waals surface area contributed by atoms with E-state index in [1.807, 2.05) is 38.1 Å². The molecule has 0 radical (unpaired) electrons. The zero-order valence-electron chi connectivity index (χ0n) is 21.0. The van der Waals surface area contributed by atoms with E-state index in [1.54, 1.807) is 25.3 Å². The van der Waals surface area contributed by atoms with Crippen molar-refractivity contribution in [3.05, 3.63) is 53.6 Å². The average molecular weight is 484 g/mol. The van der Waals surface area contributed by atoms with Crippen LogP contribution in [-0.2, 0) is 4.79 Å². The van der Waals surface area contributed by atoms with Crippen molar-refractivity contribution in [1.82, 2.24) is 15.5 Å². The first kappa shape index (κ1) is 26.3. The zero-order valence-corrected chi connectivity index (χ0v) is 21.0. The van der Waals surface area contributed by atoms with Gasteiger partial charge in [-0.2, -0.15) is 0 Å². The Balaban J connectivity index is 1.57. The van der Waals surface area contributed by atoms with E-state index in [2.05, 4.69) is 15.5 Å². The van der Waals surface area contributed by atoms with Gasteiger partial charge in [-0.15, -0.1) is 0 Å². The Bertz CT molecular complexity index is 958. The van der Waals surface area contributed by atoms with Crippen LogP contribution < -0.4 is 24.8 Å². The summed E-state index contributed by atoms with van der Waals surface area (Å²) in [6, 6.07) is 13.1. The molecule has 3 rings (SSSR count). The first-order chi connectivity index (χ1) is 17.0. The lowest BCUT2D eigenvalue weighted by Gasteiger charge is -2.35. The third-order valence-corrected chi connectivity index (χ3v) is 6.04. The number of carbonyl (C=O) groups is 2. The van der Waals surface area contributed by atoms with Crippen molar-refractivity contribution in [1.29, 1.82) is 0 Å². The van der Waals surface area contributed by atoms with Gasteiger partial charge in [0.1, 0.15) is 5.75 Å². The highest BCUT2D eigenvalue weighted by Crippen LogP contribution is 2.29. The summed E-state index contributed by atoms with van der Waals surface area (Å²) in [5.41, 5.74) is 1.55. The molecule has 2 aromatic rings. The highest BCUT2D eigenvalue weighted by molar-refractivity contribution is 5.97. The fourth-order valence-electron chi connectivity index (χ4n) is 4.24. The van der Waals surface area contributed by atoms with Crippen LogP contribution in [-0.4, -0.2) is 63.2 Å². The van der Waals surface area contributed by atoms with Crippen molar-refractivity contribution in [3.8, 4) is 17.2 Å². The molecule has 1 fully saturated rings. The van der Waals surface area contributed by atoms with Crippen LogP contribution in [0.2, 0.25) is 0 Å². The number of likely N-dealkylation sites (tertiary alicyclic amines) is 1. The Morgan fingerprint density at radius 1 is 0.914 bits per heavy atom. The van der Waals surface area contributed by atoms with Gasteiger partial charge in [0, 0.05) is 12.1 Å². The summed E-state index contributed by atoms with van der Waals surface area (Å²) < 4.78 is 16.4. The molecule has 0 spiro atoms. The molecule has 2 N–H and O–H groups in total. The predicted octanol–water partition coefficient (Wildman–Crippen LogP) is 3.57. The molecule has 2 amide bonds. The van der Waals surface area contributed by atoms with E-state index in [9.17, 15) is 9.59 Å². The van der Waals surface area contributed by atoms with Gasteiger partial charge in [-0.3, -0.25) is 14.5 Å². The number of hydrogen-bond donors (Lipinski definition) is 2. The molecule has 0 aromatic heterocycles. The van der Waals surface area contributed by atoms with Gasteiger partial charge < -0.3 is 24.8 Å². The highest BCUT2D eigenvalue weighted by atomic mass is 16.5. The van der Waals surface area contributed by atoms with E-state index >= 15 is 0 Å². The summed E-state index contributed by atoms with van der Waals surface area (Å²) in [5, 5.41) is 5.70. The lowest BCUT2D eigenvalue weighted by molar-refractivity contribution is -0.120. The third kappa shape index (κ3) is 7.62. The number of methoxy groups -OCH3 is 1. The maximum Gasteiger partial charge on any atom is 0.251 e. The monoisotopic (exact) mass is 483 g/mol. The van der Waals surface area contributed by atoms with Crippen molar-refractivity contribution in [3.63, 3.8) is 0 Å². The number of piperidine rings is 1. The SMILES string of the molecule is CCOc1ccc(C(=O)NCC(=O)NCC(c2ccc(OC)cc2)N2CCCCC2)cc1OCC. The molecule has 0 saturated carbocycles. The zero-order chi connectivity index (χ0) is 25.0. The molecule has 1 saturated heterocycles. The second-order valence-electron chi connectivity index (χ2n) is 8.40. The lowest BCUT2D eigenvalue weighted by Crippen LogP contribution is -2.43. The van der Waals surface area contributed by atoms with Crippen LogP contribution in [0, 0.1) is 0 Å². The van der Waals surface area contributed by atoms with E-state index < -0.39 is 0 Å². The third-order valence-electron chi connectivity index (χ3n) is 6.04. The molecule has 1 aliphatic rings. The second kappa shape index (κ2) is 13.6. The van der Waals surface area contributed by atoms with Crippen molar-refractivity contribution in [2.45, 2.75) is 39.2 Å². The quantitative estimate of drug-likeness (QED) is 0.480. The van der Waals surface area contributed by atoms with Gasteiger partial charge in [-0.05, 0) is 75.7 Å². The normalized spacial score (nSPS) is 14.6. The van der Waals surface area contributed by atoms with Gasteiger partial charge in [0.2, 0.25) is 5.91 Å². The van der Waals surface area contributed by atoms with Crippen molar-refractivity contribution in [2.24, 2.45) is 0 Å². The van der Waals surface area contributed by atoms with Crippen molar-refractivity contribution in [2.75, 3.05) is 46.5 Å². The number of amides is 2. The fourth-order valence-corrected chi connectivity index (χ4v) is 4.24. The molecule has 0 aliphatic carbocycles. The number of benzene rings is 2. The van der Waals surface area contributed by atoms with Gasteiger partial charge in [-0.1, -0.05) is 18.6 Å². The highest BCUT2D eigenvalue weighted by Gasteiger charge is 2.23. The number of carbonyl (C=O) groups excluding carboxylic acids is 2. The van der Waals surface area contributed by atoms with Crippen molar-refractivity contribution >= 4 is 11.8 Å².